The molecule has 0 saturated carbocycles. The van der Waals surface area contributed by atoms with E-state index in [2.05, 4.69) is 65.4 Å². The average molecular weight is 353 g/mol. The summed E-state index contributed by atoms with van der Waals surface area (Å²) >= 11 is 9.57. The van der Waals surface area contributed by atoms with Crippen molar-refractivity contribution in [3.8, 4) is 0 Å². The fourth-order valence-corrected chi connectivity index (χ4v) is 3.12. The Bertz CT molecular complexity index is 553. The minimum Gasteiger partial charge on any atom is -0.303 e. The highest BCUT2D eigenvalue weighted by molar-refractivity contribution is 9.10. The van der Waals surface area contributed by atoms with E-state index in [1.807, 2.05) is 18.2 Å². The van der Waals surface area contributed by atoms with Crippen molar-refractivity contribution in [3.63, 3.8) is 0 Å². The lowest BCUT2D eigenvalue weighted by atomic mass is 10.0. The van der Waals surface area contributed by atoms with E-state index in [1.54, 1.807) is 0 Å². The van der Waals surface area contributed by atoms with Crippen LogP contribution in [0.3, 0.4) is 0 Å². The molecule has 2 atom stereocenters. The molecule has 1 unspecified atom stereocenters. The molecule has 3 heteroatoms. The molecule has 2 aromatic rings. The Balaban J connectivity index is 2.14. The van der Waals surface area contributed by atoms with E-state index in [4.69, 9.17) is 11.6 Å². The smallest absolute Gasteiger partial charge is 0.0406 e. The topological polar surface area (TPSA) is 12.0 Å². The van der Waals surface area contributed by atoms with Gasteiger partial charge >= 0.3 is 0 Å². The lowest BCUT2D eigenvalue weighted by Crippen LogP contribution is -2.24. The highest BCUT2D eigenvalue weighted by Crippen LogP contribution is 2.27. The molecule has 2 rings (SSSR count). The van der Waals surface area contributed by atoms with Gasteiger partial charge in [0, 0.05) is 21.6 Å². The molecule has 0 aliphatic heterocycles. The number of halogens is 2. The van der Waals surface area contributed by atoms with Crippen molar-refractivity contribution in [1.82, 2.24) is 5.32 Å². The van der Waals surface area contributed by atoms with Crippen molar-refractivity contribution in [2.75, 3.05) is 0 Å². The molecule has 1 N–H and O–H groups in total. The molecule has 0 aromatic heterocycles. The van der Waals surface area contributed by atoms with E-state index in [-0.39, 0.29) is 6.04 Å². The van der Waals surface area contributed by atoms with Crippen LogP contribution in [0.1, 0.15) is 43.5 Å². The monoisotopic (exact) mass is 351 g/mol. The molecule has 0 amide bonds. The summed E-state index contributed by atoms with van der Waals surface area (Å²) < 4.78 is 1.14. The van der Waals surface area contributed by atoms with E-state index >= 15 is 0 Å². The Kier molecular flexibility index (Phi) is 5.64. The number of nitrogens with one attached hydrogen (secondary N) is 1. The molecule has 0 spiro atoms. The fraction of sp³-hybridized carbons (Fsp3) is 0.294. The molecular weight excluding hydrogens is 334 g/mol. The first-order valence-corrected chi connectivity index (χ1v) is 8.05. The van der Waals surface area contributed by atoms with Gasteiger partial charge in [0.05, 0.1) is 0 Å². The molecule has 0 radical (unpaired) electrons. The molecule has 20 heavy (non-hydrogen) atoms. The summed E-state index contributed by atoms with van der Waals surface area (Å²) in [4.78, 5) is 0. The lowest BCUT2D eigenvalue weighted by molar-refractivity contribution is 0.455. The third-order valence-electron chi connectivity index (χ3n) is 3.50. The molecule has 0 heterocycles. The van der Waals surface area contributed by atoms with Gasteiger partial charge in [-0.15, -0.1) is 0 Å². The minimum absolute atomic E-state index is 0.284. The predicted molar refractivity (Wildman–Crippen MR) is 90.2 cm³/mol. The van der Waals surface area contributed by atoms with Crippen molar-refractivity contribution in [1.29, 1.82) is 0 Å². The van der Waals surface area contributed by atoms with E-state index < -0.39 is 0 Å². The van der Waals surface area contributed by atoms with Crippen LogP contribution in [0, 0.1) is 0 Å². The Labute approximate surface area is 134 Å². The average Bonchev–Trinajstić information content (AvgIpc) is 2.46. The number of benzene rings is 2. The van der Waals surface area contributed by atoms with Crippen LogP contribution in [0.5, 0.6) is 0 Å². The van der Waals surface area contributed by atoms with E-state index in [0.717, 1.165) is 15.9 Å². The normalized spacial score (nSPS) is 14.0. The Morgan fingerprint density at radius 2 is 1.75 bits per heavy atom. The number of hydrogen-bond donors (Lipinski definition) is 1. The number of hydrogen-bond acceptors (Lipinski definition) is 1. The van der Waals surface area contributed by atoms with Crippen LogP contribution < -0.4 is 5.32 Å². The lowest BCUT2D eigenvalue weighted by Gasteiger charge is -2.24. The summed E-state index contributed by atoms with van der Waals surface area (Å²) in [6, 6.07) is 17.0. The standard InChI is InChI=1S/C17H19BrClN/c1-3-17(13-8-10-14(19)11-9-13)20-12(2)15-6-4-5-7-16(15)18/h4-12,17,20H,3H2,1-2H3/t12-,17?/m1/s1. The highest BCUT2D eigenvalue weighted by Gasteiger charge is 2.15. The van der Waals surface area contributed by atoms with Gasteiger partial charge in [0.15, 0.2) is 0 Å². The largest absolute Gasteiger partial charge is 0.303 e. The van der Waals surface area contributed by atoms with Crippen LogP contribution in [-0.4, -0.2) is 0 Å². The van der Waals surface area contributed by atoms with Crippen LogP contribution >= 0.6 is 27.5 Å². The quantitative estimate of drug-likeness (QED) is 0.706. The third-order valence-corrected chi connectivity index (χ3v) is 4.48. The van der Waals surface area contributed by atoms with Crippen molar-refractivity contribution >= 4 is 27.5 Å². The van der Waals surface area contributed by atoms with Gasteiger partial charge < -0.3 is 5.32 Å². The summed E-state index contributed by atoms with van der Waals surface area (Å²) in [5.74, 6) is 0. The number of rotatable bonds is 5. The van der Waals surface area contributed by atoms with E-state index in [9.17, 15) is 0 Å². The predicted octanol–water partition coefficient (Wildman–Crippen LogP) is 5.90. The van der Waals surface area contributed by atoms with Crippen LogP contribution in [0.4, 0.5) is 0 Å². The van der Waals surface area contributed by atoms with Gasteiger partial charge in [0.25, 0.3) is 0 Å². The van der Waals surface area contributed by atoms with Crippen molar-refractivity contribution < 1.29 is 0 Å². The first kappa shape index (κ1) is 15.6. The summed E-state index contributed by atoms with van der Waals surface area (Å²) in [6.45, 7) is 4.39. The molecule has 0 saturated heterocycles. The van der Waals surface area contributed by atoms with Gasteiger partial charge in [-0.25, -0.2) is 0 Å². The molecule has 0 aliphatic rings. The summed E-state index contributed by atoms with van der Waals surface area (Å²) in [5, 5.41) is 4.47. The van der Waals surface area contributed by atoms with Gasteiger partial charge in [-0.05, 0) is 42.7 Å². The first-order chi connectivity index (χ1) is 9.61. The second-order valence-electron chi connectivity index (χ2n) is 4.92. The fourth-order valence-electron chi connectivity index (χ4n) is 2.36. The second-order valence-corrected chi connectivity index (χ2v) is 6.21. The summed E-state index contributed by atoms with van der Waals surface area (Å²) in [6.07, 6.45) is 1.04. The third kappa shape index (κ3) is 3.85. The van der Waals surface area contributed by atoms with Crippen LogP contribution in [0.2, 0.25) is 5.02 Å². The SMILES string of the molecule is CCC(N[C@H](C)c1ccccc1Br)c1ccc(Cl)cc1. The molecule has 0 bridgehead atoms. The van der Waals surface area contributed by atoms with Crippen molar-refractivity contribution in [2.45, 2.75) is 32.4 Å². The van der Waals surface area contributed by atoms with Gasteiger partial charge in [0.1, 0.15) is 0 Å². The van der Waals surface area contributed by atoms with E-state index in [1.165, 1.54) is 11.1 Å². The maximum atomic E-state index is 5.96. The Hall–Kier alpha value is -0.830. The van der Waals surface area contributed by atoms with Gasteiger partial charge in [0.2, 0.25) is 0 Å². The Morgan fingerprint density at radius 1 is 1.10 bits per heavy atom. The van der Waals surface area contributed by atoms with Crippen molar-refractivity contribution in [2.24, 2.45) is 0 Å². The maximum Gasteiger partial charge on any atom is 0.0406 e. The van der Waals surface area contributed by atoms with E-state index in [0.29, 0.717) is 6.04 Å². The Morgan fingerprint density at radius 3 is 2.35 bits per heavy atom. The van der Waals surface area contributed by atoms with Gasteiger partial charge in [-0.2, -0.15) is 0 Å². The highest BCUT2D eigenvalue weighted by atomic mass is 79.9. The van der Waals surface area contributed by atoms with Gasteiger partial charge in [-0.1, -0.05) is 64.8 Å². The van der Waals surface area contributed by atoms with Crippen LogP contribution in [-0.2, 0) is 0 Å². The zero-order valence-electron chi connectivity index (χ0n) is 11.7. The molecule has 1 nitrogen and oxygen atoms in total. The van der Waals surface area contributed by atoms with Crippen LogP contribution in [0.15, 0.2) is 53.0 Å². The molecule has 2 aromatic carbocycles. The molecular formula is C17H19BrClN. The maximum absolute atomic E-state index is 5.96. The van der Waals surface area contributed by atoms with Crippen molar-refractivity contribution in [3.05, 3.63) is 69.2 Å². The molecule has 0 aliphatic carbocycles. The minimum atomic E-state index is 0.284. The molecule has 106 valence electrons. The van der Waals surface area contributed by atoms with Gasteiger partial charge in [-0.3, -0.25) is 0 Å². The first-order valence-electron chi connectivity index (χ1n) is 6.87. The molecule has 0 fully saturated rings. The zero-order chi connectivity index (χ0) is 14.5. The zero-order valence-corrected chi connectivity index (χ0v) is 14.1. The second kappa shape index (κ2) is 7.26. The van der Waals surface area contributed by atoms with Crippen LogP contribution in [0.25, 0.3) is 0 Å². The summed E-state index contributed by atoms with van der Waals surface area (Å²) in [7, 11) is 0. The summed E-state index contributed by atoms with van der Waals surface area (Å²) in [5.41, 5.74) is 2.55.